The number of esters is 1. The number of rotatable bonds is 8. The maximum Gasteiger partial charge on any atom is 0.340 e. The van der Waals surface area contributed by atoms with E-state index in [-0.39, 0.29) is 36.1 Å². The molecule has 1 aromatic heterocycles. The summed E-state index contributed by atoms with van der Waals surface area (Å²) in [5, 5.41) is 2.70. The standard InChI is InChI=1S/C27H24N2O6/c1-18-25(27(32)33-2)23(26(31)29(18)20-7-4-3-5-8-20)15-19-10-12-21(13-11-19)35-17-24(30)28-16-22-9-6-14-34-22/h3-15H,16-17H2,1-2H3,(H,28,30)/b23-15-. The first-order valence-corrected chi connectivity index (χ1v) is 10.9. The van der Waals surface area contributed by atoms with Crippen molar-refractivity contribution in [2.75, 3.05) is 18.6 Å². The van der Waals surface area contributed by atoms with Gasteiger partial charge in [-0.3, -0.25) is 14.5 Å². The van der Waals surface area contributed by atoms with E-state index in [0.717, 1.165) is 0 Å². The zero-order valence-electron chi connectivity index (χ0n) is 19.3. The summed E-state index contributed by atoms with van der Waals surface area (Å²) in [4.78, 5) is 39.3. The van der Waals surface area contributed by atoms with Crippen LogP contribution < -0.4 is 15.0 Å². The number of methoxy groups -OCH3 is 1. The Balaban J connectivity index is 1.47. The highest BCUT2D eigenvalue weighted by atomic mass is 16.5. The minimum Gasteiger partial charge on any atom is -0.484 e. The van der Waals surface area contributed by atoms with Gasteiger partial charge < -0.3 is 19.2 Å². The summed E-state index contributed by atoms with van der Waals surface area (Å²) in [6.07, 6.45) is 3.18. The van der Waals surface area contributed by atoms with Crippen molar-refractivity contribution in [3.05, 3.63) is 101 Å². The highest BCUT2D eigenvalue weighted by Crippen LogP contribution is 2.35. The van der Waals surface area contributed by atoms with Crippen LogP contribution in [0.5, 0.6) is 5.75 Å². The van der Waals surface area contributed by atoms with Gasteiger partial charge in [-0.15, -0.1) is 0 Å². The van der Waals surface area contributed by atoms with E-state index >= 15 is 0 Å². The number of furan rings is 1. The van der Waals surface area contributed by atoms with Crippen molar-refractivity contribution in [1.29, 1.82) is 0 Å². The van der Waals surface area contributed by atoms with Crippen LogP contribution in [0.25, 0.3) is 6.08 Å². The van der Waals surface area contributed by atoms with Crippen LogP contribution in [0.2, 0.25) is 0 Å². The maximum atomic E-state index is 13.3. The summed E-state index contributed by atoms with van der Waals surface area (Å²) in [7, 11) is 1.28. The number of hydrogen-bond acceptors (Lipinski definition) is 6. The van der Waals surface area contributed by atoms with Gasteiger partial charge in [-0.1, -0.05) is 30.3 Å². The summed E-state index contributed by atoms with van der Waals surface area (Å²) in [6, 6.07) is 19.5. The van der Waals surface area contributed by atoms with Crippen LogP contribution in [0.3, 0.4) is 0 Å². The molecule has 1 aliphatic heterocycles. The molecule has 1 aliphatic rings. The number of carbonyl (C=O) groups excluding carboxylic acids is 3. The second kappa shape index (κ2) is 10.6. The summed E-state index contributed by atoms with van der Waals surface area (Å²) < 4.78 is 15.6. The Morgan fingerprint density at radius 2 is 1.77 bits per heavy atom. The van der Waals surface area contributed by atoms with Gasteiger partial charge in [0.15, 0.2) is 6.61 Å². The van der Waals surface area contributed by atoms with Gasteiger partial charge >= 0.3 is 5.97 Å². The lowest BCUT2D eigenvalue weighted by molar-refractivity contribution is -0.136. The topological polar surface area (TPSA) is 98.1 Å². The fourth-order valence-corrected chi connectivity index (χ4v) is 3.69. The lowest BCUT2D eigenvalue weighted by atomic mass is 10.0. The number of allylic oxidation sites excluding steroid dienone is 1. The van der Waals surface area contributed by atoms with E-state index in [1.165, 1.54) is 12.0 Å². The van der Waals surface area contributed by atoms with Crippen LogP contribution in [0.4, 0.5) is 5.69 Å². The fourth-order valence-electron chi connectivity index (χ4n) is 3.69. The van der Waals surface area contributed by atoms with Gasteiger partial charge in [0.2, 0.25) is 0 Å². The molecule has 0 atom stereocenters. The van der Waals surface area contributed by atoms with E-state index in [0.29, 0.717) is 28.5 Å². The van der Waals surface area contributed by atoms with Gasteiger partial charge in [0, 0.05) is 11.4 Å². The summed E-state index contributed by atoms with van der Waals surface area (Å²) >= 11 is 0. The van der Waals surface area contributed by atoms with E-state index in [9.17, 15) is 14.4 Å². The zero-order valence-corrected chi connectivity index (χ0v) is 19.3. The first-order chi connectivity index (χ1) is 17.0. The van der Waals surface area contributed by atoms with Crippen molar-refractivity contribution in [2.24, 2.45) is 0 Å². The molecule has 0 unspecified atom stereocenters. The molecule has 8 nitrogen and oxygen atoms in total. The van der Waals surface area contributed by atoms with E-state index in [4.69, 9.17) is 13.9 Å². The van der Waals surface area contributed by atoms with E-state index < -0.39 is 5.97 Å². The zero-order chi connectivity index (χ0) is 24.8. The van der Waals surface area contributed by atoms with E-state index in [2.05, 4.69) is 5.32 Å². The highest BCUT2D eigenvalue weighted by Gasteiger charge is 2.37. The summed E-state index contributed by atoms with van der Waals surface area (Å²) in [6.45, 7) is 1.84. The van der Waals surface area contributed by atoms with Gasteiger partial charge in [0.1, 0.15) is 11.5 Å². The molecule has 0 saturated carbocycles. The van der Waals surface area contributed by atoms with E-state index in [1.54, 1.807) is 67.8 Å². The van der Waals surface area contributed by atoms with Crippen molar-refractivity contribution in [1.82, 2.24) is 5.32 Å². The van der Waals surface area contributed by atoms with Crippen LogP contribution in [0.15, 0.2) is 94.3 Å². The van der Waals surface area contributed by atoms with Crippen LogP contribution >= 0.6 is 0 Å². The number of ether oxygens (including phenoxy) is 2. The Kier molecular flexibility index (Phi) is 7.11. The normalized spacial score (nSPS) is 14.4. The molecule has 0 aliphatic carbocycles. The molecule has 0 fully saturated rings. The maximum absolute atomic E-state index is 13.3. The smallest absolute Gasteiger partial charge is 0.340 e. The number of benzene rings is 2. The molecule has 1 N–H and O–H groups in total. The number of hydrogen-bond donors (Lipinski definition) is 1. The lowest BCUT2D eigenvalue weighted by Crippen LogP contribution is -2.28. The quantitative estimate of drug-likeness (QED) is 0.395. The van der Waals surface area contributed by atoms with Crippen LogP contribution in [-0.2, 0) is 25.7 Å². The molecular weight excluding hydrogens is 448 g/mol. The van der Waals surface area contributed by atoms with Crippen molar-refractivity contribution in [3.63, 3.8) is 0 Å². The number of nitrogens with one attached hydrogen (secondary N) is 1. The van der Waals surface area contributed by atoms with Gasteiger partial charge in [0.05, 0.1) is 31.1 Å². The largest absolute Gasteiger partial charge is 0.484 e. The van der Waals surface area contributed by atoms with Crippen molar-refractivity contribution < 1.29 is 28.3 Å². The van der Waals surface area contributed by atoms with Crippen molar-refractivity contribution in [3.8, 4) is 5.75 Å². The van der Waals surface area contributed by atoms with Crippen molar-refractivity contribution in [2.45, 2.75) is 13.5 Å². The van der Waals surface area contributed by atoms with Crippen LogP contribution in [-0.4, -0.2) is 31.5 Å². The van der Waals surface area contributed by atoms with Gasteiger partial charge in [0.25, 0.3) is 11.8 Å². The first-order valence-electron chi connectivity index (χ1n) is 10.9. The molecule has 2 aromatic carbocycles. The van der Waals surface area contributed by atoms with Gasteiger partial charge in [-0.25, -0.2) is 4.79 Å². The Morgan fingerprint density at radius 3 is 2.43 bits per heavy atom. The summed E-state index contributed by atoms with van der Waals surface area (Å²) in [5.74, 6) is -0.0419. The van der Waals surface area contributed by atoms with Gasteiger partial charge in [-0.2, -0.15) is 0 Å². The average molecular weight is 472 g/mol. The third kappa shape index (κ3) is 5.33. The third-order valence-corrected chi connectivity index (χ3v) is 5.40. The number of nitrogens with zero attached hydrogens (tertiary/aromatic N) is 1. The lowest BCUT2D eigenvalue weighted by Gasteiger charge is -2.17. The molecule has 8 heteroatoms. The Hall–Kier alpha value is -4.59. The van der Waals surface area contributed by atoms with Crippen molar-refractivity contribution >= 4 is 29.5 Å². The molecule has 0 spiro atoms. The Labute approximate surface area is 202 Å². The van der Waals surface area contributed by atoms with Gasteiger partial charge in [-0.05, 0) is 55.0 Å². The SMILES string of the molecule is COC(=O)C1=C(C)N(c2ccccc2)C(=O)/C1=C\c1ccc(OCC(=O)NCc2ccco2)cc1. The molecule has 0 bridgehead atoms. The molecule has 2 heterocycles. The third-order valence-electron chi connectivity index (χ3n) is 5.40. The molecule has 0 radical (unpaired) electrons. The fraction of sp³-hybridized carbons (Fsp3) is 0.148. The monoisotopic (exact) mass is 472 g/mol. The predicted octanol–water partition coefficient (Wildman–Crippen LogP) is 3.85. The highest BCUT2D eigenvalue weighted by molar-refractivity contribution is 6.23. The van der Waals surface area contributed by atoms with Crippen LogP contribution in [0.1, 0.15) is 18.2 Å². The second-order valence-electron chi connectivity index (χ2n) is 7.70. The molecule has 178 valence electrons. The number of anilines is 1. The average Bonchev–Trinajstić information content (AvgIpc) is 3.48. The first kappa shape index (κ1) is 23.6. The Morgan fingerprint density at radius 1 is 1.03 bits per heavy atom. The minimum atomic E-state index is -0.582. The number of para-hydroxylation sites is 1. The Bertz CT molecular complexity index is 1270. The molecular formula is C27H24N2O6. The summed E-state index contributed by atoms with van der Waals surface area (Å²) in [5.41, 5.74) is 2.31. The number of amides is 2. The number of carbonyl (C=O) groups is 3. The van der Waals surface area contributed by atoms with E-state index in [1.807, 2.05) is 18.2 Å². The second-order valence-corrected chi connectivity index (χ2v) is 7.70. The minimum absolute atomic E-state index is 0.153. The predicted molar refractivity (Wildman–Crippen MR) is 129 cm³/mol. The molecule has 2 amide bonds. The van der Waals surface area contributed by atoms with Crippen LogP contribution in [0, 0.1) is 0 Å². The molecule has 4 rings (SSSR count). The molecule has 3 aromatic rings. The molecule has 35 heavy (non-hydrogen) atoms. The molecule has 0 saturated heterocycles.